The van der Waals surface area contributed by atoms with E-state index in [2.05, 4.69) is 4.90 Å². The third-order valence-electron chi connectivity index (χ3n) is 4.56. The smallest absolute Gasteiger partial charge is 0.344 e. The summed E-state index contributed by atoms with van der Waals surface area (Å²) in [5.74, 6) is 0.819. The number of ether oxygens (including phenoxy) is 3. The van der Waals surface area contributed by atoms with E-state index in [1.165, 1.54) is 0 Å². The quantitative estimate of drug-likeness (QED) is 0.620. The molecule has 0 spiro atoms. The maximum Gasteiger partial charge on any atom is 0.344 e. The van der Waals surface area contributed by atoms with E-state index in [9.17, 15) is 9.59 Å². The number of esters is 1. The Morgan fingerprint density at radius 2 is 2.04 bits per heavy atom. The number of hydrogen-bond acceptors (Lipinski definition) is 7. The highest BCUT2D eigenvalue weighted by atomic mass is 32.2. The minimum atomic E-state index is -0.397. The zero-order valence-electron chi connectivity index (χ0n) is 15.6. The molecule has 0 saturated carbocycles. The van der Waals surface area contributed by atoms with E-state index in [1.54, 1.807) is 18.7 Å². The fourth-order valence-electron chi connectivity index (χ4n) is 3.18. The SMILES string of the molecule is CCOC(=O)COc1ccccc1C1SCC(=O)N1CCN1CCOCC1. The number of benzene rings is 1. The van der Waals surface area contributed by atoms with Crippen LogP contribution >= 0.6 is 11.8 Å². The van der Waals surface area contributed by atoms with Crippen LogP contribution in [-0.2, 0) is 19.1 Å². The molecule has 3 rings (SSSR count). The molecule has 2 fully saturated rings. The van der Waals surface area contributed by atoms with Crippen molar-refractivity contribution in [3.8, 4) is 5.75 Å². The predicted molar refractivity (Wildman–Crippen MR) is 103 cm³/mol. The number of amides is 1. The fourth-order valence-corrected chi connectivity index (χ4v) is 4.43. The number of nitrogens with zero attached hydrogens (tertiary/aromatic N) is 2. The van der Waals surface area contributed by atoms with Crippen LogP contribution in [0.4, 0.5) is 0 Å². The van der Waals surface area contributed by atoms with Gasteiger partial charge < -0.3 is 19.1 Å². The van der Waals surface area contributed by atoms with E-state index in [0.29, 0.717) is 24.7 Å². The molecule has 0 N–H and O–H groups in total. The number of carbonyl (C=O) groups excluding carboxylic acids is 2. The summed E-state index contributed by atoms with van der Waals surface area (Å²) in [5.41, 5.74) is 0.916. The van der Waals surface area contributed by atoms with Crippen molar-refractivity contribution < 1.29 is 23.8 Å². The summed E-state index contributed by atoms with van der Waals surface area (Å²) in [6.07, 6.45) is 0. The van der Waals surface area contributed by atoms with Gasteiger partial charge in [0.2, 0.25) is 5.91 Å². The molecule has 1 aromatic rings. The number of para-hydroxylation sites is 1. The van der Waals surface area contributed by atoms with Gasteiger partial charge in [-0.25, -0.2) is 4.79 Å². The van der Waals surface area contributed by atoms with Gasteiger partial charge in [0.25, 0.3) is 0 Å². The Labute approximate surface area is 163 Å². The second kappa shape index (κ2) is 9.96. The molecular formula is C19H26N2O5S. The molecule has 27 heavy (non-hydrogen) atoms. The summed E-state index contributed by atoms with van der Waals surface area (Å²) in [4.78, 5) is 28.3. The lowest BCUT2D eigenvalue weighted by Gasteiger charge is -2.31. The van der Waals surface area contributed by atoms with E-state index in [-0.39, 0.29) is 17.9 Å². The van der Waals surface area contributed by atoms with Crippen molar-refractivity contribution in [2.75, 3.05) is 58.4 Å². The molecular weight excluding hydrogens is 368 g/mol. The lowest BCUT2D eigenvalue weighted by Crippen LogP contribution is -2.42. The summed E-state index contributed by atoms with van der Waals surface area (Å²) >= 11 is 1.59. The normalized spacial score (nSPS) is 20.7. The second-order valence-corrected chi connectivity index (χ2v) is 7.40. The molecule has 2 aliphatic heterocycles. The van der Waals surface area contributed by atoms with Gasteiger partial charge in [-0.1, -0.05) is 18.2 Å². The Hall–Kier alpha value is -1.77. The van der Waals surface area contributed by atoms with Crippen molar-refractivity contribution in [2.45, 2.75) is 12.3 Å². The van der Waals surface area contributed by atoms with Crippen molar-refractivity contribution in [3.63, 3.8) is 0 Å². The molecule has 7 nitrogen and oxygen atoms in total. The predicted octanol–water partition coefficient (Wildman–Crippen LogP) is 1.53. The molecule has 2 heterocycles. The number of thioether (sulfide) groups is 1. The molecule has 2 aliphatic rings. The van der Waals surface area contributed by atoms with Crippen LogP contribution in [-0.4, -0.2) is 80.0 Å². The zero-order valence-corrected chi connectivity index (χ0v) is 16.4. The van der Waals surface area contributed by atoms with Gasteiger partial charge in [0.05, 0.1) is 25.6 Å². The summed E-state index contributed by atoms with van der Waals surface area (Å²) in [7, 11) is 0. The highest BCUT2D eigenvalue weighted by molar-refractivity contribution is 8.00. The average Bonchev–Trinajstić information content (AvgIpc) is 3.06. The molecule has 0 radical (unpaired) electrons. The molecule has 2 saturated heterocycles. The topological polar surface area (TPSA) is 68.3 Å². The lowest BCUT2D eigenvalue weighted by atomic mass is 10.1. The van der Waals surface area contributed by atoms with Crippen LogP contribution in [0, 0.1) is 0 Å². The van der Waals surface area contributed by atoms with Crippen molar-refractivity contribution in [1.82, 2.24) is 9.80 Å². The van der Waals surface area contributed by atoms with Gasteiger partial charge in [-0.2, -0.15) is 0 Å². The number of morpholine rings is 1. The Kier molecular flexibility index (Phi) is 7.37. The molecule has 0 bridgehead atoms. The molecule has 1 aromatic carbocycles. The first-order valence-electron chi connectivity index (χ1n) is 9.27. The average molecular weight is 394 g/mol. The highest BCUT2D eigenvalue weighted by Crippen LogP contribution is 2.42. The van der Waals surface area contributed by atoms with Gasteiger partial charge in [0.1, 0.15) is 11.1 Å². The molecule has 1 amide bonds. The zero-order chi connectivity index (χ0) is 19.1. The van der Waals surface area contributed by atoms with E-state index in [4.69, 9.17) is 14.2 Å². The number of carbonyl (C=O) groups is 2. The Balaban J connectivity index is 1.66. The van der Waals surface area contributed by atoms with E-state index in [1.807, 2.05) is 29.2 Å². The van der Waals surface area contributed by atoms with Crippen molar-refractivity contribution in [1.29, 1.82) is 0 Å². The first kappa shape index (κ1) is 20.0. The first-order chi connectivity index (χ1) is 13.2. The molecule has 0 aromatic heterocycles. The Morgan fingerprint density at radius 3 is 2.81 bits per heavy atom. The molecule has 148 valence electrons. The highest BCUT2D eigenvalue weighted by Gasteiger charge is 2.34. The lowest BCUT2D eigenvalue weighted by molar-refractivity contribution is -0.145. The summed E-state index contributed by atoms with van der Waals surface area (Å²) in [5, 5.41) is -0.100. The van der Waals surface area contributed by atoms with Gasteiger partial charge in [0, 0.05) is 31.7 Å². The standard InChI is InChI=1S/C19H26N2O5S/c1-2-25-18(23)13-26-16-6-4-3-5-15(16)19-21(17(22)14-27-19)8-7-20-9-11-24-12-10-20/h3-6,19H,2,7-14H2,1H3. The van der Waals surface area contributed by atoms with Gasteiger partial charge in [0.15, 0.2) is 6.61 Å². The second-order valence-electron chi connectivity index (χ2n) is 6.34. The number of hydrogen-bond donors (Lipinski definition) is 0. The van der Waals surface area contributed by atoms with E-state index >= 15 is 0 Å². The summed E-state index contributed by atoms with van der Waals surface area (Å²) < 4.78 is 16.0. The van der Waals surface area contributed by atoms with Gasteiger partial charge in [-0.3, -0.25) is 9.69 Å². The summed E-state index contributed by atoms with van der Waals surface area (Å²) in [6.45, 7) is 6.75. The van der Waals surface area contributed by atoms with Gasteiger partial charge in [-0.05, 0) is 13.0 Å². The van der Waals surface area contributed by atoms with Gasteiger partial charge in [-0.15, -0.1) is 11.8 Å². The minimum Gasteiger partial charge on any atom is -0.482 e. The van der Waals surface area contributed by atoms with Crippen LogP contribution < -0.4 is 4.74 Å². The van der Waals surface area contributed by atoms with Crippen LogP contribution in [0.5, 0.6) is 5.75 Å². The van der Waals surface area contributed by atoms with Crippen molar-refractivity contribution in [2.24, 2.45) is 0 Å². The van der Waals surface area contributed by atoms with Gasteiger partial charge >= 0.3 is 5.97 Å². The molecule has 1 unspecified atom stereocenters. The Morgan fingerprint density at radius 1 is 1.26 bits per heavy atom. The Bertz CT molecular complexity index is 651. The number of rotatable bonds is 8. The summed E-state index contributed by atoms with van der Waals surface area (Å²) in [6, 6.07) is 7.58. The maximum absolute atomic E-state index is 12.4. The molecule has 8 heteroatoms. The molecule has 1 atom stereocenters. The third-order valence-corrected chi connectivity index (χ3v) is 5.80. The maximum atomic E-state index is 12.4. The van der Waals surface area contributed by atoms with Crippen LogP contribution in [0.15, 0.2) is 24.3 Å². The van der Waals surface area contributed by atoms with Crippen LogP contribution in [0.2, 0.25) is 0 Å². The minimum absolute atomic E-state index is 0.100. The molecule has 0 aliphatic carbocycles. The van der Waals surface area contributed by atoms with E-state index < -0.39 is 5.97 Å². The largest absolute Gasteiger partial charge is 0.482 e. The van der Waals surface area contributed by atoms with Crippen LogP contribution in [0.1, 0.15) is 17.9 Å². The fraction of sp³-hybridized carbons (Fsp3) is 0.579. The van der Waals surface area contributed by atoms with E-state index in [0.717, 1.165) is 38.4 Å². The van der Waals surface area contributed by atoms with Crippen LogP contribution in [0.3, 0.4) is 0 Å². The first-order valence-corrected chi connectivity index (χ1v) is 10.3. The monoisotopic (exact) mass is 394 g/mol. The van der Waals surface area contributed by atoms with Crippen LogP contribution in [0.25, 0.3) is 0 Å². The van der Waals surface area contributed by atoms with Crippen molar-refractivity contribution in [3.05, 3.63) is 29.8 Å². The van der Waals surface area contributed by atoms with Crippen molar-refractivity contribution >= 4 is 23.6 Å². The third kappa shape index (κ3) is 5.37.